The average molecular weight is 550 g/mol. The van der Waals surface area contributed by atoms with E-state index in [9.17, 15) is 8.42 Å². The Balaban J connectivity index is 1.43. The van der Waals surface area contributed by atoms with Gasteiger partial charge in [-0.05, 0) is 23.8 Å². The van der Waals surface area contributed by atoms with E-state index in [0.717, 1.165) is 11.1 Å². The summed E-state index contributed by atoms with van der Waals surface area (Å²) >= 11 is 0. The minimum atomic E-state index is -3.04. The van der Waals surface area contributed by atoms with Gasteiger partial charge in [0, 0.05) is 36.0 Å². The molecule has 0 amide bonds. The molecule has 1 atom stereocenters. The van der Waals surface area contributed by atoms with Crippen LogP contribution in [0.5, 0.6) is 5.75 Å². The van der Waals surface area contributed by atoms with Gasteiger partial charge in [-0.2, -0.15) is 0 Å². The summed E-state index contributed by atoms with van der Waals surface area (Å²) < 4.78 is 49.4. The van der Waals surface area contributed by atoms with Crippen LogP contribution in [0.4, 0.5) is 10.1 Å². The number of nitrogens with one attached hydrogen (secondary N) is 2. The number of hydrogen-bond donors (Lipinski definition) is 3. The number of nitrogens with zero attached hydrogens (tertiary/aromatic N) is 2. The highest BCUT2D eigenvalue weighted by Crippen LogP contribution is 2.42. The molecular formula is C28H28FN5O4S. The molecule has 1 aliphatic heterocycles. The fourth-order valence-electron chi connectivity index (χ4n) is 4.29. The molecule has 0 radical (unpaired) electrons. The van der Waals surface area contributed by atoms with Crippen molar-refractivity contribution in [2.75, 3.05) is 23.9 Å². The number of furan rings is 1. The highest BCUT2D eigenvalue weighted by atomic mass is 32.2. The summed E-state index contributed by atoms with van der Waals surface area (Å²) in [7, 11) is -3.04. The molecule has 4 N–H and O–H groups in total. The van der Waals surface area contributed by atoms with E-state index in [4.69, 9.17) is 14.9 Å². The number of benzene rings is 2. The van der Waals surface area contributed by atoms with Crippen LogP contribution in [0.25, 0.3) is 11.5 Å². The minimum Gasteiger partial charge on any atom is -0.485 e. The number of aliphatic imine (C=N–C) groups is 1. The first-order valence-electron chi connectivity index (χ1n) is 12.2. The first-order chi connectivity index (χ1) is 18.7. The number of para-hydroxylation sites is 1. The topological polar surface area (TPSA) is 132 Å². The van der Waals surface area contributed by atoms with Crippen molar-refractivity contribution in [2.45, 2.75) is 18.8 Å². The van der Waals surface area contributed by atoms with Crippen LogP contribution in [0.2, 0.25) is 0 Å². The Labute approximate surface area is 225 Å². The lowest BCUT2D eigenvalue weighted by Crippen LogP contribution is -2.40. The summed E-state index contributed by atoms with van der Waals surface area (Å²) in [4.78, 5) is 9.02. The van der Waals surface area contributed by atoms with Crippen molar-refractivity contribution < 1.29 is 22.0 Å². The van der Waals surface area contributed by atoms with E-state index in [0.29, 0.717) is 41.4 Å². The molecule has 0 aliphatic carbocycles. The smallest absolute Gasteiger partial charge is 0.167 e. The number of ether oxygens (including phenoxy) is 1. The van der Waals surface area contributed by atoms with Crippen molar-refractivity contribution >= 4 is 21.9 Å². The van der Waals surface area contributed by atoms with Crippen molar-refractivity contribution in [2.24, 2.45) is 10.7 Å². The number of pyridine rings is 1. The highest BCUT2D eigenvalue weighted by Gasteiger charge is 2.38. The molecule has 0 bridgehead atoms. The lowest BCUT2D eigenvalue weighted by atomic mass is 9.89. The Kier molecular flexibility index (Phi) is 7.47. The molecule has 4 aromatic rings. The van der Waals surface area contributed by atoms with Gasteiger partial charge in [-0.3, -0.25) is 10.7 Å². The molecule has 202 valence electrons. The van der Waals surface area contributed by atoms with E-state index in [2.05, 4.69) is 20.6 Å². The van der Waals surface area contributed by atoms with Gasteiger partial charge in [0.05, 0.1) is 30.2 Å². The molecule has 1 unspecified atom stereocenters. The van der Waals surface area contributed by atoms with Crippen LogP contribution in [0.1, 0.15) is 22.3 Å². The maximum Gasteiger partial charge on any atom is 0.167 e. The molecule has 9 nitrogen and oxygen atoms in total. The first kappa shape index (κ1) is 26.5. The Hall–Kier alpha value is -4.06. The van der Waals surface area contributed by atoms with Crippen molar-refractivity contribution in [3.63, 3.8) is 0 Å². The third-order valence-corrected chi connectivity index (χ3v) is 7.24. The summed E-state index contributed by atoms with van der Waals surface area (Å²) in [5, 5.41) is 6.14. The summed E-state index contributed by atoms with van der Waals surface area (Å²) in [6, 6.07) is 17.6. The second kappa shape index (κ2) is 11.0. The third kappa shape index (κ3) is 6.00. The van der Waals surface area contributed by atoms with Crippen molar-refractivity contribution in [1.82, 2.24) is 10.3 Å². The van der Waals surface area contributed by atoms with Crippen LogP contribution >= 0.6 is 0 Å². The van der Waals surface area contributed by atoms with Gasteiger partial charge in [0.15, 0.2) is 23.0 Å². The summed E-state index contributed by atoms with van der Waals surface area (Å²) in [5.74, 6) is 0.0202. The fourth-order valence-corrected chi connectivity index (χ4v) is 4.80. The number of halogens is 1. The Morgan fingerprint density at radius 3 is 2.72 bits per heavy atom. The van der Waals surface area contributed by atoms with Crippen molar-refractivity contribution in [1.29, 1.82) is 0 Å². The monoisotopic (exact) mass is 549 g/mol. The number of sulfone groups is 1. The molecule has 0 saturated heterocycles. The standard InChI is InChI=1S/C28H28FN5O4S/c1-39(35,36)11-10-31-14-20-12-26(37-17-20)24-13-22-25(15-32-24)33-18-34-28(22,30)21-8-5-9-23(29)27(21)38-16-19-6-3-2-4-7-19/h2-9,12-13,15,17-18,31H,10-11,14,16,30H2,1H3,(H,33,34). The van der Waals surface area contributed by atoms with E-state index in [1.807, 2.05) is 36.4 Å². The van der Waals surface area contributed by atoms with Crippen LogP contribution in [0, 0.1) is 5.82 Å². The highest BCUT2D eigenvalue weighted by molar-refractivity contribution is 7.90. The van der Waals surface area contributed by atoms with E-state index in [1.165, 1.54) is 18.7 Å². The SMILES string of the molecule is CS(=O)(=O)CCNCc1coc(-c2cc3c(cn2)NC=NC3(N)c2cccc(F)c2OCc2ccccc2)c1. The Bertz CT molecular complexity index is 1610. The van der Waals surface area contributed by atoms with Gasteiger partial charge in [-0.1, -0.05) is 42.5 Å². The second-order valence-electron chi connectivity index (χ2n) is 9.30. The van der Waals surface area contributed by atoms with E-state index < -0.39 is 21.3 Å². The molecule has 2 aromatic carbocycles. The molecule has 39 heavy (non-hydrogen) atoms. The number of nitrogens with two attached hydrogens (primary N) is 1. The molecule has 0 spiro atoms. The van der Waals surface area contributed by atoms with E-state index >= 15 is 4.39 Å². The predicted octanol–water partition coefficient (Wildman–Crippen LogP) is 3.81. The zero-order valence-electron chi connectivity index (χ0n) is 21.2. The Morgan fingerprint density at radius 2 is 1.92 bits per heavy atom. The van der Waals surface area contributed by atoms with E-state index in [-0.39, 0.29) is 18.1 Å². The second-order valence-corrected chi connectivity index (χ2v) is 11.6. The maximum atomic E-state index is 15.1. The lowest BCUT2D eigenvalue weighted by molar-refractivity contribution is 0.281. The predicted molar refractivity (Wildman–Crippen MR) is 148 cm³/mol. The first-order valence-corrected chi connectivity index (χ1v) is 14.3. The zero-order chi connectivity index (χ0) is 27.5. The van der Waals surface area contributed by atoms with Crippen LogP contribution < -0.4 is 21.1 Å². The number of hydrogen-bond acceptors (Lipinski definition) is 9. The van der Waals surface area contributed by atoms with Crippen molar-refractivity contribution in [3.05, 3.63) is 101 Å². The van der Waals surface area contributed by atoms with Gasteiger partial charge in [0.2, 0.25) is 0 Å². The van der Waals surface area contributed by atoms with E-state index in [1.54, 1.807) is 30.7 Å². The molecule has 1 aliphatic rings. The molecule has 5 rings (SSSR count). The molecule has 3 heterocycles. The number of fused-ring (bicyclic) bond motifs is 1. The molecule has 2 aromatic heterocycles. The lowest BCUT2D eigenvalue weighted by Gasteiger charge is -2.32. The number of anilines is 1. The summed E-state index contributed by atoms with van der Waals surface area (Å²) in [6.07, 6.45) is 5.86. The van der Waals surface area contributed by atoms with Crippen LogP contribution in [-0.2, 0) is 28.7 Å². The summed E-state index contributed by atoms with van der Waals surface area (Å²) in [6.45, 7) is 0.925. The average Bonchev–Trinajstić information content (AvgIpc) is 3.39. The largest absolute Gasteiger partial charge is 0.485 e. The molecule has 0 fully saturated rings. The van der Waals surface area contributed by atoms with Gasteiger partial charge in [0.1, 0.15) is 22.1 Å². The van der Waals surface area contributed by atoms with Gasteiger partial charge in [0.25, 0.3) is 0 Å². The fraction of sp³-hybridized carbons (Fsp3) is 0.214. The molecule has 11 heteroatoms. The molecular weight excluding hydrogens is 521 g/mol. The minimum absolute atomic E-state index is 0.0210. The zero-order valence-corrected chi connectivity index (χ0v) is 22.0. The number of aromatic nitrogens is 1. The third-order valence-electron chi connectivity index (χ3n) is 6.29. The van der Waals surface area contributed by atoms with Gasteiger partial charge < -0.3 is 19.8 Å². The normalized spacial score (nSPS) is 16.5. The van der Waals surface area contributed by atoms with Crippen LogP contribution in [0.15, 0.2) is 82.5 Å². The maximum absolute atomic E-state index is 15.1. The molecule has 0 saturated carbocycles. The van der Waals surface area contributed by atoms with Crippen LogP contribution in [0.3, 0.4) is 0 Å². The van der Waals surface area contributed by atoms with Gasteiger partial charge in [-0.15, -0.1) is 0 Å². The van der Waals surface area contributed by atoms with Crippen LogP contribution in [-0.4, -0.2) is 38.3 Å². The number of rotatable bonds is 10. The summed E-state index contributed by atoms with van der Waals surface area (Å²) in [5.41, 5.74) is 9.20. The van der Waals surface area contributed by atoms with Gasteiger partial charge in [-0.25, -0.2) is 17.8 Å². The Morgan fingerprint density at radius 1 is 1.10 bits per heavy atom. The van der Waals surface area contributed by atoms with Gasteiger partial charge >= 0.3 is 0 Å². The van der Waals surface area contributed by atoms with Crippen molar-refractivity contribution in [3.8, 4) is 17.2 Å². The quantitative estimate of drug-likeness (QED) is 0.255.